The molecule has 1 saturated heterocycles. The topological polar surface area (TPSA) is 152 Å². The lowest BCUT2D eigenvalue weighted by molar-refractivity contribution is -0.210. The van der Waals surface area contributed by atoms with Crippen molar-refractivity contribution in [3.05, 3.63) is 24.3 Å². The van der Waals surface area contributed by atoms with E-state index in [1.54, 1.807) is 6.92 Å². The quantitative estimate of drug-likeness (QED) is 0.260. The smallest absolute Gasteiger partial charge is 0.335 e. The van der Waals surface area contributed by atoms with Crippen molar-refractivity contribution in [2.24, 2.45) is 22.7 Å². The highest BCUT2D eigenvalue weighted by Crippen LogP contribution is 2.68. The van der Waals surface area contributed by atoms with Crippen LogP contribution in [0.25, 0.3) is 0 Å². The van der Waals surface area contributed by atoms with Crippen molar-refractivity contribution in [2.75, 3.05) is 26.4 Å². The molecule has 3 fully saturated rings. The maximum atomic E-state index is 12.9. The summed E-state index contributed by atoms with van der Waals surface area (Å²) in [6.45, 7) is 3.75. The summed E-state index contributed by atoms with van der Waals surface area (Å²) in [7, 11) is 0. The molecular formula is C27H38O10. The van der Waals surface area contributed by atoms with E-state index in [2.05, 4.69) is 0 Å². The number of aliphatic hydroxyl groups is 3. The molecule has 0 bridgehead atoms. The second-order valence-corrected chi connectivity index (χ2v) is 11.1. The van der Waals surface area contributed by atoms with Crippen LogP contribution < -0.4 is 0 Å². The molecule has 4 rings (SSSR count). The summed E-state index contributed by atoms with van der Waals surface area (Å²) < 4.78 is 22.7. The zero-order chi connectivity index (χ0) is 26.8. The van der Waals surface area contributed by atoms with E-state index < -0.39 is 58.6 Å². The number of carbonyl (C=O) groups excluding carboxylic acids is 3. The summed E-state index contributed by atoms with van der Waals surface area (Å²) in [5.74, 6) is -2.70. The Balaban J connectivity index is 1.71. The molecule has 0 aromatic rings. The molecular weight excluding hydrogens is 484 g/mol. The van der Waals surface area contributed by atoms with Gasteiger partial charge in [0.25, 0.3) is 0 Å². The average molecular weight is 523 g/mol. The maximum absolute atomic E-state index is 12.9. The number of aliphatic hydroxyl groups excluding tert-OH is 3. The standard InChI is InChI=1S/C27H38O10/c1-17-9-12-34-21(30)5-3-4-6-22(31)37-20-8-11-27(16-36-27)25(20,2)26(15-35-24(33)23(17)32)10-7-18(14-28)13-19(26)29/h3-6,17-20,23,28-29,32H,7-16H2,1-2H3/b5-3-,6-4-. The Bertz CT molecular complexity index is 939. The molecule has 2 spiro atoms. The van der Waals surface area contributed by atoms with Crippen LogP contribution >= 0.6 is 0 Å². The van der Waals surface area contributed by atoms with Crippen LogP contribution in [0.1, 0.15) is 52.4 Å². The van der Waals surface area contributed by atoms with Crippen molar-refractivity contribution in [1.82, 2.24) is 0 Å². The van der Waals surface area contributed by atoms with Crippen LogP contribution in [-0.2, 0) is 33.3 Å². The Hall–Kier alpha value is -2.27. The maximum Gasteiger partial charge on any atom is 0.335 e. The van der Waals surface area contributed by atoms with Crippen molar-refractivity contribution in [2.45, 2.75) is 76.3 Å². The first kappa shape index (κ1) is 27.8. The fourth-order valence-corrected chi connectivity index (χ4v) is 6.58. The van der Waals surface area contributed by atoms with Gasteiger partial charge in [-0.15, -0.1) is 0 Å². The van der Waals surface area contributed by atoms with Gasteiger partial charge in [0.15, 0.2) is 6.10 Å². The molecule has 10 nitrogen and oxygen atoms in total. The molecule has 0 aromatic carbocycles. The minimum Gasteiger partial charge on any atom is -0.463 e. The highest BCUT2D eigenvalue weighted by atomic mass is 16.6. The van der Waals surface area contributed by atoms with Gasteiger partial charge >= 0.3 is 17.9 Å². The number of fused-ring (bicyclic) bond motifs is 3. The van der Waals surface area contributed by atoms with E-state index in [4.69, 9.17) is 18.9 Å². The molecule has 2 heterocycles. The summed E-state index contributed by atoms with van der Waals surface area (Å²) >= 11 is 0. The van der Waals surface area contributed by atoms with Gasteiger partial charge in [0.2, 0.25) is 0 Å². The van der Waals surface area contributed by atoms with E-state index in [0.29, 0.717) is 38.7 Å². The van der Waals surface area contributed by atoms with Crippen LogP contribution in [-0.4, -0.2) is 83.6 Å². The lowest BCUT2D eigenvalue weighted by Crippen LogP contribution is -2.63. The van der Waals surface area contributed by atoms with Gasteiger partial charge < -0.3 is 34.3 Å². The van der Waals surface area contributed by atoms with Gasteiger partial charge in [-0.1, -0.05) is 26.0 Å². The summed E-state index contributed by atoms with van der Waals surface area (Å²) in [5, 5.41) is 31.9. The van der Waals surface area contributed by atoms with Crippen LogP contribution in [0.15, 0.2) is 24.3 Å². The number of esters is 3. The van der Waals surface area contributed by atoms with Crippen LogP contribution in [0.5, 0.6) is 0 Å². The van der Waals surface area contributed by atoms with E-state index in [9.17, 15) is 29.7 Å². The molecule has 8 atom stereocenters. The number of rotatable bonds is 1. The number of hydrogen-bond acceptors (Lipinski definition) is 10. The van der Waals surface area contributed by atoms with E-state index >= 15 is 0 Å². The molecule has 37 heavy (non-hydrogen) atoms. The summed E-state index contributed by atoms with van der Waals surface area (Å²) in [6, 6.07) is 0. The fraction of sp³-hybridized carbons (Fsp3) is 0.741. The molecule has 2 aliphatic heterocycles. The lowest BCUT2D eigenvalue weighted by atomic mass is 9.51. The van der Waals surface area contributed by atoms with Gasteiger partial charge in [-0.3, -0.25) is 0 Å². The van der Waals surface area contributed by atoms with Gasteiger partial charge in [0, 0.05) is 29.6 Å². The van der Waals surface area contributed by atoms with Gasteiger partial charge in [0.05, 0.1) is 19.3 Å². The molecule has 8 unspecified atom stereocenters. The molecule has 2 saturated carbocycles. The number of allylic oxidation sites excluding steroid dienone is 2. The SMILES string of the molecule is CC1CCOC(=O)/C=C\C=C/C(=O)OC2CCC3(CO3)C2(C)C2(CCC(CO)CC2O)COC(=O)C1O. The first-order chi connectivity index (χ1) is 17.6. The normalized spacial score (nSPS) is 45.2. The minimum absolute atomic E-state index is 0.00868. The van der Waals surface area contributed by atoms with Gasteiger partial charge in [0.1, 0.15) is 18.3 Å². The van der Waals surface area contributed by atoms with Crippen LogP contribution in [0, 0.1) is 22.7 Å². The Morgan fingerprint density at radius 1 is 0.973 bits per heavy atom. The van der Waals surface area contributed by atoms with Crippen LogP contribution in [0.2, 0.25) is 0 Å². The van der Waals surface area contributed by atoms with Gasteiger partial charge in [-0.25, -0.2) is 14.4 Å². The van der Waals surface area contributed by atoms with Gasteiger partial charge in [-0.05, 0) is 50.4 Å². The third-order valence-electron chi connectivity index (χ3n) is 9.28. The Kier molecular flexibility index (Phi) is 8.13. The van der Waals surface area contributed by atoms with Crippen molar-refractivity contribution < 1.29 is 48.7 Å². The Labute approximate surface area is 216 Å². The second-order valence-electron chi connectivity index (χ2n) is 11.1. The van der Waals surface area contributed by atoms with E-state index in [1.165, 1.54) is 24.3 Å². The molecule has 3 N–H and O–H groups in total. The highest BCUT2D eigenvalue weighted by Gasteiger charge is 2.76. The molecule has 0 radical (unpaired) electrons. The van der Waals surface area contributed by atoms with Crippen molar-refractivity contribution in [1.29, 1.82) is 0 Å². The van der Waals surface area contributed by atoms with E-state index in [-0.39, 0.29) is 32.2 Å². The average Bonchev–Trinajstić information content (AvgIpc) is 3.62. The third-order valence-corrected chi connectivity index (χ3v) is 9.28. The Morgan fingerprint density at radius 3 is 2.32 bits per heavy atom. The highest BCUT2D eigenvalue weighted by molar-refractivity contribution is 5.84. The van der Waals surface area contributed by atoms with Crippen molar-refractivity contribution >= 4 is 17.9 Å². The van der Waals surface area contributed by atoms with Crippen LogP contribution in [0.3, 0.4) is 0 Å². The summed E-state index contributed by atoms with van der Waals surface area (Å²) in [6.07, 6.45) is 4.78. The molecule has 206 valence electrons. The first-order valence-corrected chi connectivity index (χ1v) is 13.1. The fourth-order valence-electron chi connectivity index (χ4n) is 6.58. The number of hydrogen-bond donors (Lipinski definition) is 3. The predicted molar refractivity (Wildman–Crippen MR) is 129 cm³/mol. The number of epoxide rings is 1. The third kappa shape index (κ3) is 5.08. The van der Waals surface area contributed by atoms with E-state index in [1.807, 2.05) is 6.92 Å². The van der Waals surface area contributed by atoms with E-state index in [0.717, 1.165) is 0 Å². The predicted octanol–water partition coefficient (Wildman–Crippen LogP) is 1.21. The lowest BCUT2D eigenvalue weighted by Gasteiger charge is -2.56. The van der Waals surface area contributed by atoms with Gasteiger partial charge in [-0.2, -0.15) is 0 Å². The summed E-state index contributed by atoms with van der Waals surface area (Å²) in [5.41, 5.74) is -2.57. The number of ether oxygens (including phenoxy) is 4. The van der Waals surface area contributed by atoms with Crippen molar-refractivity contribution in [3.8, 4) is 0 Å². The molecule has 2 aliphatic carbocycles. The van der Waals surface area contributed by atoms with Crippen molar-refractivity contribution in [3.63, 3.8) is 0 Å². The number of cyclic esters (lactones) is 2. The number of carbonyl (C=O) groups is 3. The molecule has 10 heteroatoms. The zero-order valence-corrected chi connectivity index (χ0v) is 21.5. The minimum atomic E-state index is -1.45. The monoisotopic (exact) mass is 522 g/mol. The first-order valence-electron chi connectivity index (χ1n) is 13.1. The largest absolute Gasteiger partial charge is 0.463 e. The van der Waals surface area contributed by atoms with Crippen LogP contribution in [0.4, 0.5) is 0 Å². The Morgan fingerprint density at radius 2 is 1.68 bits per heavy atom. The second kappa shape index (κ2) is 10.8. The molecule has 4 aliphatic rings. The zero-order valence-electron chi connectivity index (χ0n) is 21.5. The summed E-state index contributed by atoms with van der Waals surface area (Å²) in [4.78, 5) is 37.5. The molecule has 0 aromatic heterocycles. The molecule has 0 amide bonds.